The molecule has 2 unspecified atom stereocenters. The van der Waals surface area contributed by atoms with Crippen molar-refractivity contribution in [3.63, 3.8) is 0 Å². The molecule has 0 saturated carbocycles. The summed E-state index contributed by atoms with van der Waals surface area (Å²) in [4.78, 5) is 14.4. The minimum atomic E-state index is -1.08. The summed E-state index contributed by atoms with van der Waals surface area (Å²) < 4.78 is 5.87. The molecule has 0 saturated heterocycles. The van der Waals surface area contributed by atoms with E-state index in [1.54, 1.807) is 17.5 Å². The third-order valence-electron chi connectivity index (χ3n) is 3.46. The van der Waals surface area contributed by atoms with Crippen LogP contribution in [0.15, 0.2) is 30.5 Å². The molecular weight excluding hydrogens is 312 g/mol. The number of ether oxygens (including phenoxy) is 1. The molecule has 0 aromatic carbocycles. The summed E-state index contributed by atoms with van der Waals surface area (Å²) in [5, 5.41) is 13.3. The van der Waals surface area contributed by atoms with E-state index in [2.05, 4.69) is 20.3 Å². The quantitative estimate of drug-likeness (QED) is 0.699. The molecule has 3 rings (SSSR count). The Kier molecular flexibility index (Phi) is 4.51. The number of hydrogen-bond acceptors (Lipinski definition) is 7. The predicted molar refractivity (Wildman–Crippen MR) is 90.4 cm³/mol. The number of thiophene rings is 1. The average molecular weight is 330 g/mol. The summed E-state index contributed by atoms with van der Waals surface area (Å²) in [7, 11) is 1.45. The summed E-state index contributed by atoms with van der Waals surface area (Å²) >= 11 is 1.54. The lowest BCUT2D eigenvalue weighted by molar-refractivity contribution is -0.0786. The van der Waals surface area contributed by atoms with Gasteiger partial charge in [0.25, 0.3) is 0 Å². The van der Waals surface area contributed by atoms with E-state index < -0.39 is 6.29 Å². The second-order valence-corrected chi connectivity index (χ2v) is 6.47. The molecule has 0 bridgehead atoms. The van der Waals surface area contributed by atoms with Gasteiger partial charge in [0.2, 0.25) is 5.95 Å². The second kappa shape index (κ2) is 6.57. The van der Waals surface area contributed by atoms with Crippen LogP contribution in [0.1, 0.15) is 35.5 Å². The highest BCUT2D eigenvalue weighted by molar-refractivity contribution is 7.19. The summed E-state index contributed by atoms with van der Waals surface area (Å²) in [6.45, 7) is 3.99. The molecule has 3 heterocycles. The molecule has 0 amide bonds. The molecule has 3 aromatic heterocycles. The molecule has 23 heavy (non-hydrogen) atoms. The van der Waals surface area contributed by atoms with Gasteiger partial charge in [-0.1, -0.05) is 6.07 Å². The third-order valence-corrected chi connectivity index (χ3v) is 4.52. The van der Waals surface area contributed by atoms with Crippen LogP contribution in [-0.4, -0.2) is 27.2 Å². The highest BCUT2D eigenvalue weighted by Crippen LogP contribution is 2.31. The molecule has 0 aliphatic rings. The van der Waals surface area contributed by atoms with Crippen LogP contribution in [0.2, 0.25) is 0 Å². The van der Waals surface area contributed by atoms with Gasteiger partial charge < -0.3 is 15.2 Å². The molecule has 0 spiro atoms. The van der Waals surface area contributed by atoms with Crippen LogP contribution < -0.4 is 5.32 Å². The Bertz CT molecular complexity index is 806. The number of pyridine rings is 1. The maximum Gasteiger partial charge on any atom is 0.224 e. The Morgan fingerprint density at radius 3 is 2.83 bits per heavy atom. The highest BCUT2D eigenvalue weighted by Gasteiger charge is 2.18. The normalized spacial score (nSPS) is 13.9. The van der Waals surface area contributed by atoms with Gasteiger partial charge in [-0.2, -0.15) is 0 Å². The lowest BCUT2D eigenvalue weighted by atomic mass is 10.2. The summed E-state index contributed by atoms with van der Waals surface area (Å²) in [6.07, 6.45) is 0.671. The van der Waals surface area contributed by atoms with Crippen LogP contribution in [0.4, 0.5) is 5.95 Å². The number of nitrogens with one attached hydrogen (secondary N) is 1. The smallest absolute Gasteiger partial charge is 0.224 e. The van der Waals surface area contributed by atoms with Crippen molar-refractivity contribution in [2.45, 2.75) is 26.2 Å². The van der Waals surface area contributed by atoms with Gasteiger partial charge in [0, 0.05) is 18.2 Å². The van der Waals surface area contributed by atoms with Crippen molar-refractivity contribution in [3.8, 4) is 0 Å². The zero-order valence-electron chi connectivity index (χ0n) is 13.1. The van der Waals surface area contributed by atoms with Gasteiger partial charge in [0.05, 0.1) is 22.0 Å². The first-order chi connectivity index (χ1) is 11.1. The molecule has 7 heteroatoms. The number of anilines is 1. The number of rotatable bonds is 5. The molecular formula is C16H18N4O2S. The Labute approximate surface area is 138 Å². The fraction of sp³-hybridized carbons (Fsp3) is 0.312. The van der Waals surface area contributed by atoms with Gasteiger partial charge >= 0.3 is 0 Å². The van der Waals surface area contributed by atoms with Crippen LogP contribution in [0, 0.1) is 6.92 Å². The molecule has 120 valence electrons. The molecule has 0 radical (unpaired) electrons. The fourth-order valence-corrected chi connectivity index (χ4v) is 3.27. The SMILES string of the molecule is COC(O)c1nc(NC(C)c2ccccn2)nc2cc(C)sc12. The largest absolute Gasteiger partial charge is 0.363 e. The standard InChI is InChI=1S/C16H18N4O2S/c1-9-8-12-14(23-9)13(15(21)22-3)20-16(19-12)18-10(2)11-6-4-5-7-17-11/h4-8,10,15,21H,1-3H3,(H,18,19,20). The van der Waals surface area contributed by atoms with E-state index in [0.29, 0.717) is 11.6 Å². The zero-order valence-corrected chi connectivity index (χ0v) is 14.0. The van der Waals surface area contributed by atoms with E-state index in [-0.39, 0.29) is 6.04 Å². The van der Waals surface area contributed by atoms with Crippen LogP contribution in [-0.2, 0) is 4.74 Å². The molecule has 0 fully saturated rings. The minimum Gasteiger partial charge on any atom is -0.363 e. The van der Waals surface area contributed by atoms with E-state index in [4.69, 9.17) is 4.74 Å². The Balaban J connectivity index is 1.97. The Morgan fingerprint density at radius 2 is 2.13 bits per heavy atom. The lowest BCUT2D eigenvalue weighted by Crippen LogP contribution is -2.13. The molecule has 0 aliphatic heterocycles. The predicted octanol–water partition coefficient (Wildman–Crippen LogP) is 3.21. The zero-order chi connectivity index (χ0) is 16.4. The van der Waals surface area contributed by atoms with Crippen molar-refractivity contribution in [1.82, 2.24) is 15.0 Å². The first-order valence-corrected chi connectivity index (χ1v) is 8.06. The van der Waals surface area contributed by atoms with E-state index in [9.17, 15) is 5.11 Å². The van der Waals surface area contributed by atoms with Crippen LogP contribution in [0.3, 0.4) is 0 Å². The maximum atomic E-state index is 10.1. The van der Waals surface area contributed by atoms with E-state index in [1.807, 2.05) is 38.1 Å². The fourth-order valence-electron chi connectivity index (χ4n) is 2.31. The average Bonchev–Trinajstić information content (AvgIpc) is 2.94. The van der Waals surface area contributed by atoms with Gasteiger partial charge in [-0.05, 0) is 32.0 Å². The van der Waals surface area contributed by atoms with Crippen LogP contribution >= 0.6 is 11.3 Å². The highest BCUT2D eigenvalue weighted by atomic mass is 32.1. The lowest BCUT2D eigenvalue weighted by Gasteiger charge is -2.15. The first-order valence-electron chi connectivity index (χ1n) is 7.25. The number of nitrogens with zero attached hydrogens (tertiary/aromatic N) is 3. The number of methoxy groups -OCH3 is 1. The van der Waals surface area contributed by atoms with Crippen molar-refractivity contribution in [3.05, 3.63) is 46.7 Å². The van der Waals surface area contributed by atoms with Crippen molar-refractivity contribution >= 4 is 27.5 Å². The van der Waals surface area contributed by atoms with E-state index >= 15 is 0 Å². The van der Waals surface area contributed by atoms with Crippen molar-refractivity contribution in [2.24, 2.45) is 0 Å². The van der Waals surface area contributed by atoms with Gasteiger partial charge in [0.1, 0.15) is 5.69 Å². The van der Waals surface area contributed by atoms with Gasteiger partial charge in [0.15, 0.2) is 6.29 Å². The molecule has 2 atom stereocenters. The number of aromatic nitrogens is 3. The van der Waals surface area contributed by atoms with E-state index in [1.165, 1.54) is 7.11 Å². The number of aryl methyl sites for hydroxylation is 1. The van der Waals surface area contributed by atoms with E-state index in [0.717, 1.165) is 20.8 Å². The molecule has 2 N–H and O–H groups in total. The second-order valence-electron chi connectivity index (χ2n) is 5.21. The topological polar surface area (TPSA) is 80.2 Å². The molecule has 0 aliphatic carbocycles. The Morgan fingerprint density at radius 1 is 1.30 bits per heavy atom. The van der Waals surface area contributed by atoms with Crippen molar-refractivity contribution in [2.75, 3.05) is 12.4 Å². The maximum absolute atomic E-state index is 10.1. The number of aliphatic hydroxyl groups is 1. The van der Waals surface area contributed by atoms with Gasteiger partial charge in [-0.3, -0.25) is 4.98 Å². The monoisotopic (exact) mass is 330 g/mol. The minimum absolute atomic E-state index is 0.0547. The van der Waals surface area contributed by atoms with Crippen LogP contribution in [0.25, 0.3) is 10.2 Å². The third kappa shape index (κ3) is 3.31. The Hall–Kier alpha value is -2.09. The number of hydrogen-bond donors (Lipinski definition) is 2. The summed E-state index contributed by atoms with van der Waals surface area (Å²) in [5.41, 5.74) is 2.17. The number of aliphatic hydroxyl groups excluding tert-OH is 1. The molecule has 6 nitrogen and oxygen atoms in total. The first kappa shape index (κ1) is 15.8. The number of fused-ring (bicyclic) bond motifs is 1. The van der Waals surface area contributed by atoms with Gasteiger partial charge in [-0.25, -0.2) is 9.97 Å². The van der Waals surface area contributed by atoms with Crippen molar-refractivity contribution in [1.29, 1.82) is 0 Å². The summed E-state index contributed by atoms with van der Waals surface area (Å²) in [6, 6.07) is 7.67. The van der Waals surface area contributed by atoms with Crippen LogP contribution in [0.5, 0.6) is 0 Å². The van der Waals surface area contributed by atoms with Crippen molar-refractivity contribution < 1.29 is 9.84 Å². The van der Waals surface area contributed by atoms with Gasteiger partial charge in [-0.15, -0.1) is 11.3 Å². The molecule has 3 aromatic rings. The summed E-state index contributed by atoms with van der Waals surface area (Å²) in [5.74, 6) is 0.444.